The molecule has 0 bridgehead atoms. The number of rotatable bonds is 31. The highest BCUT2D eigenvalue weighted by Crippen LogP contribution is 2.34. The van der Waals surface area contributed by atoms with Crippen molar-refractivity contribution in [2.75, 3.05) is 41.4 Å². The number of hydrogen-bond acceptors (Lipinski definition) is 11. The van der Waals surface area contributed by atoms with E-state index in [9.17, 15) is 28.8 Å². The van der Waals surface area contributed by atoms with E-state index in [1.165, 1.54) is 4.90 Å². The molecule has 0 radical (unpaired) electrons. The third-order valence-corrected chi connectivity index (χ3v) is 15.4. The number of thiazole rings is 1. The van der Waals surface area contributed by atoms with E-state index in [1.807, 2.05) is 83.9 Å². The highest BCUT2D eigenvalue weighted by atomic mass is 32.1. The summed E-state index contributed by atoms with van der Waals surface area (Å²) in [5, 5.41) is 2.86. The summed E-state index contributed by atoms with van der Waals surface area (Å²) in [5.74, 6) is -2.63. The Kier molecular flexibility index (Phi) is 24.5. The van der Waals surface area contributed by atoms with Gasteiger partial charge in [0.15, 0.2) is 5.78 Å². The molecule has 0 aliphatic carbocycles. The molecule has 376 valence electrons. The molecule has 1 aromatic heterocycles. The summed E-state index contributed by atoms with van der Waals surface area (Å²) < 4.78 is 12.2. The van der Waals surface area contributed by atoms with Crippen LogP contribution in [-0.4, -0.2) is 126 Å². The number of likely N-dealkylation sites (tertiary alicyclic amines) is 1. The van der Waals surface area contributed by atoms with Crippen LogP contribution in [-0.2, 0) is 44.7 Å². The summed E-state index contributed by atoms with van der Waals surface area (Å²) in [6.07, 6.45) is 6.30. The highest BCUT2D eigenvalue weighted by molar-refractivity contribution is 7.09. The molecular weight excluding hydrogens is 867 g/mol. The van der Waals surface area contributed by atoms with Crippen molar-refractivity contribution >= 4 is 46.4 Å². The van der Waals surface area contributed by atoms with Crippen LogP contribution in [0.1, 0.15) is 143 Å². The van der Waals surface area contributed by atoms with Gasteiger partial charge < -0.3 is 29.9 Å². The fourth-order valence-corrected chi connectivity index (χ4v) is 10.9. The van der Waals surface area contributed by atoms with Gasteiger partial charge in [-0.25, -0.2) is 4.98 Å². The van der Waals surface area contributed by atoms with Crippen LogP contribution in [0, 0.1) is 35.5 Å². The first-order chi connectivity index (χ1) is 31.8. The minimum atomic E-state index is -0.769. The lowest BCUT2D eigenvalue weighted by Crippen LogP contribution is -2.54. The molecule has 2 N–H and O–H groups in total. The lowest BCUT2D eigenvalue weighted by atomic mass is 9.83. The minimum absolute atomic E-state index is 0.0149. The number of Topliss-reactive ketones (excluding diaryl/α,β-unsaturated/α-hetero) is 3. The van der Waals surface area contributed by atoms with Crippen LogP contribution >= 0.6 is 11.3 Å². The van der Waals surface area contributed by atoms with Gasteiger partial charge in [0.2, 0.25) is 17.7 Å². The number of ketones is 3. The maximum atomic E-state index is 14.7. The first-order valence-corrected chi connectivity index (χ1v) is 25.8. The van der Waals surface area contributed by atoms with Gasteiger partial charge in [0.25, 0.3) is 0 Å². The van der Waals surface area contributed by atoms with Crippen LogP contribution in [0.3, 0.4) is 0 Å². The molecule has 14 heteroatoms. The van der Waals surface area contributed by atoms with E-state index in [4.69, 9.17) is 15.2 Å². The third-order valence-electron chi connectivity index (χ3n) is 14.5. The van der Waals surface area contributed by atoms with Gasteiger partial charge in [0.05, 0.1) is 41.8 Å². The van der Waals surface area contributed by atoms with Crippen molar-refractivity contribution in [3.05, 3.63) is 52.5 Å². The number of amides is 3. The van der Waals surface area contributed by atoms with Gasteiger partial charge in [-0.1, -0.05) is 98.6 Å². The first kappa shape index (κ1) is 57.5. The van der Waals surface area contributed by atoms with Crippen molar-refractivity contribution < 1.29 is 38.2 Å². The van der Waals surface area contributed by atoms with Crippen LogP contribution in [0.15, 0.2) is 41.9 Å². The molecule has 0 spiro atoms. The number of carbonyl (C=O) groups excluding carboxylic acids is 6. The zero-order valence-corrected chi connectivity index (χ0v) is 43.7. The second-order valence-corrected chi connectivity index (χ2v) is 20.8. The fraction of sp³-hybridized carbons (Fsp3) is 0.717. The van der Waals surface area contributed by atoms with E-state index in [-0.39, 0.29) is 96.4 Å². The maximum absolute atomic E-state index is 14.7. The Hall–Kier alpha value is -3.85. The summed E-state index contributed by atoms with van der Waals surface area (Å²) in [6, 6.07) is 8.56. The molecule has 2 aromatic rings. The second-order valence-electron chi connectivity index (χ2n) is 19.9. The number of aromatic nitrogens is 1. The van der Waals surface area contributed by atoms with Crippen LogP contribution in [0.2, 0.25) is 0 Å². The van der Waals surface area contributed by atoms with Gasteiger partial charge in [-0.2, -0.15) is 0 Å². The molecule has 1 fully saturated rings. The molecular formula is C53H85N5O8S. The summed E-state index contributed by atoms with van der Waals surface area (Å²) in [5.41, 5.74) is 6.75. The molecule has 0 saturated carbocycles. The predicted octanol–water partition coefficient (Wildman–Crippen LogP) is 8.18. The largest absolute Gasteiger partial charge is 0.379 e. The highest BCUT2D eigenvalue weighted by Gasteiger charge is 2.44. The molecule has 3 rings (SSSR count). The molecule has 1 aliphatic heterocycles. The number of benzene rings is 1. The molecule has 0 unspecified atom stereocenters. The average molecular weight is 952 g/mol. The van der Waals surface area contributed by atoms with Crippen molar-refractivity contribution in [3.8, 4) is 0 Å². The van der Waals surface area contributed by atoms with E-state index in [0.717, 1.165) is 36.3 Å². The average Bonchev–Trinajstić information content (AvgIpc) is 4.03. The van der Waals surface area contributed by atoms with Gasteiger partial charge in [-0.15, -0.1) is 11.3 Å². The van der Waals surface area contributed by atoms with Crippen molar-refractivity contribution in [1.82, 2.24) is 19.7 Å². The SMILES string of the molecule is CC[C@H](C)[C@@H]([C@@H](CC(=O)N1CCC[C@H]1[C@H](OC)[C@@H](C)C(=O)C[C@@H](Cc1ccccc1)c1nccs1)OC)N(C)C(=O)[C@@H](CC(=O)[C@H](C(C)C)N(C)C(=O)CCC(=O)[C@@H](C)CCCCN)C(C)C. The van der Waals surface area contributed by atoms with Crippen molar-refractivity contribution in [2.24, 2.45) is 41.2 Å². The van der Waals surface area contributed by atoms with E-state index in [1.54, 1.807) is 50.7 Å². The quantitative estimate of drug-likeness (QED) is 0.0728. The molecule has 1 aromatic carbocycles. The summed E-state index contributed by atoms with van der Waals surface area (Å²) in [4.78, 5) is 93.4. The van der Waals surface area contributed by atoms with Crippen LogP contribution in [0.4, 0.5) is 0 Å². The lowest BCUT2D eigenvalue weighted by Gasteiger charge is -2.41. The Morgan fingerprint density at radius 2 is 1.54 bits per heavy atom. The molecule has 10 atom stereocenters. The molecule has 3 amide bonds. The van der Waals surface area contributed by atoms with E-state index in [0.29, 0.717) is 38.8 Å². The molecule has 1 saturated heterocycles. The Balaban J connectivity index is 1.76. The molecule has 13 nitrogen and oxygen atoms in total. The van der Waals surface area contributed by atoms with E-state index in [2.05, 4.69) is 17.1 Å². The number of unbranched alkanes of at least 4 members (excludes halogenated alkanes) is 1. The number of hydrogen-bond donors (Lipinski definition) is 1. The zero-order valence-electron chi connectivity index (χ0n) is 42.9. The van der Waals surface area contributed by atoms with Crippen molar-refractivity contribution in [3.63, 3.8) is 0 Å². The standard InChI is InChI=1S/C53H85N5O8S/c1-13-36(6)50(57(10)53(64)41(34(2)3)32-45(61)49(35(4)5)56(9)47(62)25-24-43(59)37(7)20-17-18-26-54)46(65-11)33-48(63)58-28-19-23-42(58)51(66-12)38(8)44(60)31-40(52-55-27-29-67-52)30-39-21-15-14-16-22-39/h14-16,21-22,27,29,34-38,40-42,46,49-51H,13,17-20,23-26,28,30-33,54H2,1-12H3/t36-,37-,38-,40+,41-,42-,46+,49-,50-,51+/m0/s1. The number of nitrogens with zero attached hydrogens (tertiary/aromatic N) is 4. The normalized spacial score (nSPS) is 18.1. The van der Waals surface area contributed by atoms with Gasteiger partial charge in [0, 0.05) is 95.8 Å². The number of ether oxygens (including phenoxy) is 2. The minimum Gasteiger partial charge on any atom is -0.379 e. The smallest absolute Gasteiger partial charge is 0.226 e. The van der Waals surface area contributed by atoms with Crippen molar-refractivity contribution in [2.45, 2.75) is 169 Å². The zero-order chi connectivity index (χ0) is 50.0. The number of carbonyl (C=O) groups is 6. The number of nitrogens with two attached hydrogens (primary N) is 1. The Labute approximate surface area is 406 Å². The Morgan fingerprint density at radius 1 is 0.851 bits per heavy atom. The van der Waals surface area contributed by atoms with Gasteiger partial charge in [0.1, 0.15) is 11.6 Å². The Bertz CT molecular complexity index is 1840. The maximum Gasteiger partial charge on any atom is 0.226 e. The summed E-state index contributed by atoms with van der Waals surface area (Å²) in [7, 11) is 6.53. The lowest BCUT2D eigenvalue weighted by molar-refractivity contribution is -0.149. The van der Waals surface area contributed by atoms with Gasteiger partial charge in [-0.3, -0.25) is 28.8 Å². The number of likely N-dealkylation sites (N-methyl/N-ethyl adjacent to an activating group) is 2. The second kappa shape index (κ2) is 28.6. The third kappa shape index (κ3) is 16.4. The van der Waals surface area contributed by atoms with Crippen LogP contribution in [0.25, 0.3) is 0 Å². The van der Waals surface area contributed by atoms with Crippen LogP contribution in [0.5, 0.6) is 0 Å². The molecule has 2 heterocycles. The van der Waals surface area contributed by atoms with Crippen LogP contribution < -0.4 is 5.73 Å². The molecule has 1 aliphatic rings. The predicted molar refractivity (Wildman–Crippen MR) is 266 cm³/mol. The monoisotopic (exact) mass is 952 g/mol. The first-order valence-electron chi connectivity index (χ1n) is 24.9. The topological polar surface area (TPSA) is 170 Å². The Morgan fingerprint density at radius 3 is 2.10 bits per heavy atom. The van der Waals surface area contributed by atoms with E-state index < -0.39 is 36.1 Å². The van der Waals surface area contributed by atoms with Gasteiger partial charge in [-0.05, 0) is 62.0 Å². The van der Waals surface area contributed by atoms with E-state index >= 15 is 0 Å². The van der Waals surface area contributed by atoms with Crippen molar-refractivity contribution in [1.29, 1.82) is 0 Å². The summed E-state index contributed by atoms with van der Waals surface area (Å²) in [6.45, 7) is 16.6. The number of methoxy groups -OCH3 is 2. The molecule has 67 heavy (non-hydrogen) atoms. The fourth-order valence-electron chi connectivity index (χ4n) is 10.2. The van der Waals surface area contributed by atoms with Gasteiger partial charge >= 0.3 is 0 Å². The summed E-state index contributed by atoms with van der Waals surface area (Å²) >= 11 is 1.56.